The molecule has 0 aliphatic rings. The first-order valence-electron chi connectivity index (χ1n) is 4.01. The minimum absolute atomic E-state index is 1.15. The average Bonchev–Trinajstić information content (AvgIpc) is 1.89. The molecule has 0 heterocycles. The Labute approximate surface area is 73.3 Å². The number of hydrogen-bond donors (Lipinski definition) is 0. The van der Waals surface area contributed by atoms with Crippen molar-refractivity contribution in [3.05, 3.63) is 12.3 Å². The Hall–Kier alpha value is 0.437. The van der Waals surface area contributed by atoms with Crippen LogP contribution >= 0.6 is 15.3 Å². The maximum absolute atomic E-state index is 3.88. The summed E-state index contributed by atoms with van der Waals surface area (Å²) in [7, 11) is 0. The Morgan fingerprint density at radius 3 is 1.90 bits per heavy atom. The second-order valence-corrected chi connectivity index (χ2v) is 11.0. The van der Waals surface area contributed by atoms with E-state index in [0.29, 0.717) is 0 Å². The Bertz CT molecular complexity index is 95.4. The number of hydrogen-bond acceptors (Lipinski definition) is 0. The molecule has 0 nitrogen and oxygen atoms in total. The van der Waals surface area contributed by atoms with Gasteiger partial charge in [-0.25, -0.2) is 0 Å². The third-order valence-corrected chi connectivity index (χ3v) is 8.44. The van der Waals surface area contributed by atoms with Crippen LogP contribution in [0.2, 0.25) is 12.1 Å². The Kier molecular flexibility index (Phi) is 5.36. The predicted octanol–water partition coefficient (Wildman–Crippen LogP) is 3.87. The molecule has 60 valence electrons. The van der Waals surface area contributed by atoms with Crippen molar-refractivity contribution in [2.24, 2.45) is 0 Å². The molecule has 0 spiro atoms. The first-order valence-corrected chi connectivity index (χ1v) is 8.76. The lowest BCUT2D eigenvalue weighted by Gasteiger charge is -2.18. The zero-order valence-electron chi connectivity index (χ0n) is 6.99. The normalized spacial score (nSPS) is 11.5. The molecule has 0 fully saturated rings. The average molecular weight is 221 g/mol. The predicted molar refractivity (Wildman–Crippen MR) is 55.1 cm³/mol. The summed E-state index contributed by atoms with van der Waals surface area (Å²) in [6.07, 6.45) is 2.56. The molecule has 0 N–H and O–H groups in total. The van der Waals surface area contributed by atoms with E-state index >= 15 is 0 Å². The van der Waals surface area contributed by atoms with Crippen molar-refractivity contribution in [2.45, 2.75) is 38.8 Å². The highest BCUT2D eigenvalue weighted by molar-refractivity contribution is 9.26. The fourth-order valence-corrected chi connectivity index (χ4v) is 5.86. The van der Waals surface area contributed by atoms with Crippen molar-refractivity contribution in [3.8, 4) is 0 Å². The quantitative estimate of drug-likeness (QED) is 0.488. The van der Waals surface area contributed by atoms with Gasteiger partial charge in [0.1, 0.15) is 0 Å². The molecule has 10 heavy (non-hydrogen) atoms. The minimum Gasteiger partial charge on any atom is -0.121 e. The van der Waals surface area contributed by atoms with Crippen LogP contribution < -0.4 is 0 Å². The van der Waals surface area contributed by atoms with E-state index in [1.165, 1.54) is 24.9 Å². The maximum Gasteiger partial charge on any atom is 0.152 e. The van der Waals surface area contributed by atoms with Crippen LogP contribution in [0.1, 0.15) is 26.7 Å². The van der Waals surface area contributed by atoms with Crippen LogP contribution in [-0.4, -0.2) is 6.69 Å². The van der Waals surface area contributed by atoms with E-state index in [2.05, 4.69) is 41.4 Å². The van der Waals surface area contributed by atoms with Crippen LogP contribution in [0, 0.1) is 0 Å². The lowest BCUT2D eigenvalue weighted by Crippen LogP contribution is -2.21. The third kappa shape index (κ3) is 3.57. The monoisotopic (exact) mass is 220 g/mol. The van der Waals surface area contributed by atoms with Crippen LogP contribution in [0.4, 0.5) is 0 Å². The van der Waals surface area contributed by atoms with Gasteiger partial charge in [0.2, 0.25) is 0 Å². The van der Waals surface area contributed by atoms with Crippen LogP contribution in [-0.2, 0) is 0 Å². The molecule has 0 aromatic rings. The van der Waals surface area contributed by atoms with E-state index in [9.17, 15) is 0 Å². The van der Waals surface area contributed by atoms with E-state index in [0.717, 1.165) is 0 Å². The summed E-state index contributed by atoms with van der Waals surface area (Å²) >= 11 is 3.83. The second-order valence-electron chi connectivity index (χ2n) is 2.74. The maximum atomic E-state index is 3.88. The molecule has 0 bridgehead atoms. The van der Waals surface area contributed by atoms with E-state index < -0.39 is 6.69 Å². The van der Waals surface area contributed by atoms with Gasteiger partial charge in [0.15, 0.2) is 6.69 Å². The molecule has 0 aliphatic heterocycles. The standard InChI is InChI=1S/C8H17BrSi/c1-4-7-10(9,6-3)8-5-2/h6H,3-5,7-8H2,1-2H3. The topological polar surface area (TPSA) is 0 Å². The molecule has 0 aromatic heterocycles. The highest BCUT2D eigenvalue weighted by atomic mass is 79.9. The Morgan fingerprint density at radius 2 is 1.70 bits per heavy atom. The Balaban J connectivity index is 3.81. The fourth-order valence-electron chi connectivity index (χ4n) is 1.16. The molecule has 0 aromatic carbocycles. The van der Waals surface area contributed by atoms with Gasteiger partial charge in [-0.1, -0.05) is 32.4 Å². The van der Waals surface area contributed by atoms with E-state index in [1.54, 1.807) is 0 Å². The molecular formula is C8H17BrSi. The van der Waals surface area contributed by atoms with Gasteiger partial charge in [-0.2, -0.15) is 0 Å². The van der Waals surface area contributed by atoms with Crippen LogP contribution in [0.15, 0.2) is 12.3 Å². The molecule has 0 unspecified atom stereocenters. The van der Waals surface area contributed by atoms with Crippen molar-refractivity contribution in [3.63, 3.8) is 0 Å². The minimum atomic E-state index is -1.15. The van der Waals surface area contributed by atoms with Gasteiger partial charge in [-0.15, -0.1) is 21.9 Å². The SMILES string of the molecule is C=C[Si](Br)(CCC)CCC. The first kappa shape index (κ1) is 10.4. The van der Waals surface area contributed by atoms with Crippen molar-refractivity contribution in [2.75, 3.05) is 0 Å². The summed E-state index contributed by atoms with van der Waals surface area (Å²) in [6.45, 7) is 7.21. The largest absolute Gasteiger partial charge is 0.152 e. The number of halogens is 1. The van der Waals surface area contributed by atoms with Crippen LogP contribution in [0.25, 0.3) is 0 Å². The fraction of sp³-hybridized carbons (Fsp3) is 0.750. The smallest absolute Gasteiger partial charge is 0.121 e. The van der Waals surface area contributed by atoms with Crippen LogP contribution in [0.5, 0.6) is 0 Å². The van der Waals surface area contributed by atoms with Gasteiger partial charge >= 0.3 is 0 Å². The molecule has 0 aliphatic carbocycles. The van der Waals surface area contributed by atoms with Gasteiger partial charge in [0.05, 0.1) is 0 Å². The highest BCUT2D eigenvalue weighted by Gasteiger charge is 2.22. The summed E-state index contributed by atoms with van der Waals surface area (Å²) in [4.78, 5) is 0. The van der Waals surface area contributed by atoms with Crippen molar-refractivity contribution < 1.29 is 0 Å². The van der Waals surface area contributed by atoms with Gasteiger partial charge in [0, 0.05) is 0 Å². The van der Waals surface area contributed by atoms with Crippen molar-refractivity contribution in [1.29, 1.82) is 0 Å². The third-order valence-electron chi connectivity index (χ3n) is 1.70. The molecule has 0 amide bonds. The molecule has 0 saturated carbocycles. The van der Waals surface area contributed by atoms with Gasteiger partial charge in [-0.05, 0) is 12.1 Å². The summed E-state index contributed by atoms with van der Waals surface area (Å²) in [5.74, 6) is 0. The van der Waals surface area contributed by atoms with Gasteiger partial charge in [-0.3, -0.25) is 0 Å². The molecule has 2 heteroatoms. The lowest BCUT2D eigenvalue weighted by atomic mass is 10.6. The molecule has 0 radical (unpaired) electrons. The molecule has 0 saturated heterocycles. The van der Waals surface area contributed by atoms with Crippen molar-refractivity contribution >= 4 is 22.0 Å². The van der Waals surface area contributed by atoms with E-state index in [4.69, 9.17) is 0 Å². The van der Waals surface area contributed by atoms with E-state index in [-0.39, 0.29) is 0 Å². The first-order chi connectivity index (χ1) is 4.68. The van der Waals surface area contributed by atoms with Gasteiger partial charge < -0.3 is 0 Å². The van der Waals surface area contributed by atoms with Crippen molar-refractivity contribution in [1.82, 2.24) is 0 Å². The molecule has 0 rings (SSSR count). The van der Waals surface area contributed by atoms with Gasteiger partial charge in [0.25, 0.3) is 0 Å². The lowest BCUT2D eigenvalue weighted by molar-refractivity contribution is 1.01. The summed E-state index contributed by atoms with van der Waals surface area (Å²) in [6, 6.07) is 2.68. The molecular weight excluding hydrogens is 204 g/mol. The number of rotatable bonds is 5. The summed E-state index contributed by atoms with van der Waals surface area (Å²) < 4.78 is 0. The Morgan fingerprint density at radius 1 is 1.30 bits per heavy atom. The van der Waals surface area contributed by atoms with E-state index in [1.807, 2.05) is 0 Å². The zero-order valence-corrected chi connectivity index (χ0v) is 9.58. The summed E-state index contributed by atoms with van der Waals surface area (Å²) in [5, 5.41) is 0. The highest BCUT2D eigenvalue weighted by Crippen LogP contribution is 2.26. The van der Waals surface area contributed by atoms with Crippen LogP contribution in [0.3, 0.4) is 0 Å². The second kappa shape index (κ2) is 5.14. The molecule has 0 atom stereocenters. The zero-order chi connectivity index (χ0) is 8.04. The summed E-state index contributed by atoms with van der Waals surface area (Å²) in [5.41, 5.74) is 2.17.